The van der Waals surface area contributed by atoms with Gasteiger partial charge in [-0.3, -0.25) is 5.32 Å². The maximum atomic E-state index is 11.7. The minimum Gasteiger partial charge on any atom is -0.444 e. The second kappa shape index (κ2) is 4.76. The molecule has 0 unspecified atom stereocenters. The van der Waals surface area contributed by atoms with Crippen LogP contribution in [-0.4, -0.2) is 31.3 Å². The van der Waals surface area contributed by atoms with Crippen LogP contribution in [0.25, 0.3) is 5.65 Å². The van der Waals surface area contributed by atoms with E-state index in [1.165, 1.54) is 10.8 Å². The van der Waals surface area contributed by atoms with Gasteiger partial charge in [-0.1, -0.05) is 0 Å². The first-order valence-corrected chi connectivity index (χ1v) is 6.43. The highest BCUT2D eigenvalue weighted by atomic mass is 79.9. The molecule has 0 spiro atoms. The molecule has 0 radical (unpaired) electrons. The van der Waals surface area contributed by atoms with Gasteiger partial charge in [0.25, 0.3) is 0 Å². The number of rotatable bonds is 1. The second-order valence-electron chi connectivity index (χ2n) is 4.96. The highest BCUT2D eigenvalue weighted by Gasteiger charge is 2.19. The molecule has 7 nitrogen and oxygen atoms in total. The molecule has 0 atom stereocenters. The Labute approximate surface area is 118 Å². The van der Waals surface area contributed by atoms with Crippen LogP contribution in [0.4, 0.5) is 10.7 Å². The van der Waals surface area contributed by atoms with Crippen molar-refractivity contribution in [3.63, 3.8) is 0 Å². The van der Waals surface area contributed by atoms with Crippen LogP contribution in [0.2, 0.25) is 0 Å². The number of amides is 1. The van der Waals surface area contributed by atoms with Gasteiger partial charge in [0.15, 0.2) is 5.65 Å². The number of fused-ring (bicyclic) bond motifs is 1. The first kappa shape index (κ1) is 13.7. The predicted octanol–water partition coefficient (Wildman–Crippen LogP) is 2.54. The molecule has 0 aromatic carbocycles. The molecule has 0 aliphatic rings. The number of aromatic nitrogens is 4. The maximum absolute atomic E-state index is 11.7. The SMILES string of the molecule is Cc1nn2c(NC(=O)OC(C)(C)C)ncnc2c1Br. The third-order valence-electron chi connectivity index (χ3n) is 2.14. The molecule has 2 rings (SSSR count). The third kappa shape index (κ3) is 3.01. The lowest BCUT2D eigenvalue weighted by molar-refractivity contribution is 0.0634. The Morgan fingerprint density at radius 2 is 2.11 bits per heavy atom. The number of aryl methyl sites for hydroxylation is 1. The molecule has 102 valence electrons. The Morgan fingerprint density at radius 1 is 1.42 bits per heavy atom. The number of nitrogens with zero attached hydrogens (tertiary/aromatic N) is 4. The molecule has 0 fully saturated rings. The zero-order valence-corrected chi connectivity index (χ0v) is 12.6. The minimum absolute atomic E-state index is 0.257. The third-order valence-corrected chi connectivity index (χ3v) is 3.07. The van der Waals surface area contributed by atoms with Crippen LogP contribution in [0.5, 0.6) is 0 Å². The summed E-state index contributed by atoms with van der Waals surface area (Å²) in [5.41, 5.74) is 0.767. The van der Waals surface area contributed by atoms with Crippen LogP contribution in [0.3, 0.4) is 0 Å². The molecular formula is C11H14BrN5O2. The monoisotopic (exact) mass is 327 g/mol. The van der Waals surface area contributed by atoms with Crippen molar-refractivity contribution >= 4 is 33.6 Å². The van der Waals surface area contributed by atoms with Crippen molar-refractivity contribution in [2.75, 3.05) is 5.32 Å². The molecule has 1 N–H and O–H groups in total. The number of carbonyl (C=O) groups excluding carboxylic acids is 1. The van der Waals surface area contributed by atoms with E-state index in [0.717, 1.165) is 10.2 Å². The quantitative estimate of drug-likeness (QED) is 0.870. The lowest BCUT2D eigenvalue weighted by Gasteiger charge is -2.19. The Morgan fingerprint density at radius 3 is 2.74 bits per heavy atom. The van der Waals surface area contributed by atoms with E-state index in [-0.39, 0.29) is 5.95 Å². The largest absolute Gasteiger partial charge is 0.444 e. The van der Waals surface area contributed by atoms with Crippen LogP contribution in [-0.2, 0) is 4.74 Å². The molecule has 0 saturated heterocycles. The average Bonchev–Trinajstić information content (AvgIpc) is 2.54. The summed E-state index contributed by atoms with van der Waals surface area (Å²) in [6.45, 7) is 7.19. The highest BCUT2D eigenvalue weighted by Crippen LogP contribution is 2.21. The number of carbonyl (C=O) groups is 1. The Bertz CT molecular complexity index is 632. The van der Waals surface area contributed by atoms with Crippen molar-refractivity contribution in [1.82, 2.24) is 19.6 Å². The zero-order chi connectivity index (χ0) is 14.2. The first-order chi connectivity index (χ1) is 8.78. The fourth-order valence-electron chi connectivity index (χ4n) is 1.43. The van der Waals surface area contributed by atoms with Crippen LogP contribution < -0.4 is 5.32 Å². The molecule has 2 heterocycles. The summed E-state index contributed by atoms with van der Waals surface area (Å²) >= 11 is 3.38. The van der Waals surface area contributed by atoms with E-state index in [0.29, 0.717) is 5.65 Å². The van der Waals surface area contributed by atoms with Crippen LogP contribution in [0, 0.1) is 6.92 Å². The van der Waals surface area contributed by atoms with E-state index >= 15 is 0 Å². The molecule has 2 aromatic heterocycles. The number of ether oxygens (including phenoxy) is 1. The van der Waals surface area contributed by atoms with E-state index in [2.05, 4.69) is 36.3 Å². The Balaban J connectivity index is 2.31. The summed E-state index contributed by atoms with van der Waals surface area (Å²) in [5, 5.41) is 6.79. The van der Waals surface area contributed by atoms with Gasteiger partial charge in [-0.25, -0.2) is 14.8 Å². The summed E-state index contributed by atoms with van der Waals surface area (Å²) in [6.07, 6.45) is 0.769. The van der Waals surface area contributed by atoms with Gasteiger partial charge in [0.2, 0.25) is 5.95 Å². The van der Waals surface area contributed by atoms with Crippen molar-refractivity contribution < 1.29 is 9.53 Å². The smallest absolute Gasteiger partial charge is 0.414 e. The van der Waals surface area contributed by atoms with Gasteiger partial charge in [-0.2, -0.15) is 9.61 Å². The molecule has 0 bridgehead atoms. The number of hydrogen-bond acceptors (Lipinski definition) is 5. The molecular weight excluding hydrogens is 314 g/mol. The molecule has 19 heavy (non-hydrogen) atoms. The summed E-state index contributed by atoms with van der Waals surface area (Å²) in [6, 6.07) is 0. The number of nitrogens with one attached hydrogen (secondary N) is 1. The number of hydrogen-bond donors (Lipinski definition) is 1. The van der Waals surface area contributed by atoms with Gasteiger partial charge >= 0.3 is 6.09 Å². The minimum atomic E-state index is -0.586. The van der Waals surface area contributed by atoms with Gasteiger partial charge < -0.3 is 4.74 Å². The standard InChI is InChI=1S/C11H14BrN5O2/c1-6-7(12)8-13-5-14-9(17(8)16-6)15-10(18)19-11(2,3)4/h5H,1-4H3,(H,13,14,15,18). The molecule has 8 heteroatoms. The summed E-state index contributed by atoms with van der Waals surface area (Å²) in [7, 11) is 0. The van der Waals surface area contributed by atoms with Gasteiger partial charge in [-0.15, -0.1) is 0 Å². The van der Waals surface area contributed by atoms with Crippen molar-refractivity contribution in [3.05, 3.63) is 16.5 Å². The van der Waals surface area contributed by atoms with Crippen molar-refractivity contribution in [1.29, 1.82) is 0 Å². The fourth-order valence-corrected chi connectivity index (χ4v) is 1.78. The molecule has 2 aromatic rings. The molecule has 1 amide bonds. The maximum Gasteiger partial charge on any atom is 0.414 e. The second-order valence-corrected chi connectivity index (χ2v) is 5.75. The molecule has 0 aliphatic carbocycles. The van der Waals surface area contributed by atoms with Gasteiger partial charge in [0, 0.05) is 0 Å². The summed E-state index contributed by atoms with van der Waals surface area (Å²) < 4.78 is 7.38. The predicted molar refractivity (Wildman–Crippen MR) is 73.1 cm³/mol. The molecule has 0 saturated carbocycles. The van der Waals surface area contributed by atoms with Gasteiger partial charge in [-0.05, 0) is 43.6 Å². The van der Waals surface area contributed by atoms with E-state index in [1.807, 2.05) is 6.92 Å². The van der Waals surface area contributed by atoms with Gasteiger partial charge in [0.05, 0.1) is 10.2 Å². The summed E-state index contributed by atoms with van der Waals surface area (Å²) in [4.78, 5) is 19.8. The first-order valence-electron chi connectivity index (χ1n) is 5.64. The van der Waals surface area contributed by atoms with Gasteiger partial charge in [0.1, 0.15) is 11.9 Å². The number of anilines is 1. The van der Waals surface area contributed by atoms with E-state index in [4.69, 9.17) is 4.74 Å². The van der Waals surface area contributed by atoms with Crippen LogP contribution >= 0.6 is 15.9 Å². The van der Waals surface area contributed by atoms with Crippen LogP contribution in [0.1, 0.15) is 26.5 Å². The Hall–Kier alpha value is -1.70. The fraction of sp³-hybridized carbons (Fsp3) is 0.455. The topological polar surface area (TPSA) is 81.4 Å². The number of halogens is 1. The van der Waals surface area contributed by atoms with E-state index in [1.54, 1.807) is 20.8 Å². The van der Waals surface area contributed by atoms with E-state index < -0.39 is 11.7 Å². The Kier molecular flexibility index (Phi) is 3.44. The highest BCUT2D eigenvalue weighted by molar-refractivity contribution is 9.10. The normalized spacial score (nSPS) is 11.6. The average molecular weight is 328 g/mol. The van der Waals surface area contributed by atoms with Crippen molar-refractivity contribution in [3.8, 4) is 0 Å². The van der Waals surface area contributed by atoms with Crippen molar-refractivity contribution in [2.45, 2.75) is 33.3 Å². The lowest BCUT2D eigenvalue weighted by atomic mass is 10.2. The molecule has 0 aliphatic heterocycles. The zero-order valence-electron chi connectivity index (χ0n) is 11.1. The summed E-state index contributed by atoms with van der Waals surface area (Å²) in [5.74, 6) is 0.257. The van der Waals surface area contributed by atoms with Crippen LogP contribution in [0.15, 0.2) is 10.8 Å². The van der Waals surface area contributed by atoms with E-state index in [9.17, 15) is 4.79 Å². The lowest BCUT2D eigenvalue weighted by Crippen LogP contribution is -2.28. The van der Waals surface area contributed by atoms with Crippen molar-refractivity contribution in [2.24, 2.45) is 0 Å².